The lowest BCUT2D eigenvalue weighted by Gasteiger charge is -2.40. The lowest BCUT2D eigenvalue weighted by molar-refractivity contribution is -0.139. The number of amides is 1. The monoisotopic (exact) mass is 448 g/mol. The number of likely N-dealkylation sites (tertiary alicyclic amines) is 1. The van der Waals surface area contributed by atoms with E-state index >= 15 is 0 Å². The maximum absolute atomic E-state index is 14.1. The van der Waals surface area contributed by atoms with Gasteiger partial charge in [0.05, 0.1) is 11.3 Å². The molecule has 1 fully saturated rings. The van der Waals surface area contributed by atoms with Crippen LogP contribution in [0.3, 0.4) is 0 Å². The Hall–Kier alpha value is -2.52. The summed E-state index contributed by atoms with van der Waals surface area (Å²) in [5.41, 5.74) is -3.35. The van der Waals surface area contributed by atoms with Crippen LogP contribution >= 0.6 is 0 Å². The molecule has 1 amide bonds. The van der Waals surface area contributed by atoms with E-state index in [1.807, 2.05) is 6.92 Å². The Balaban J connectivity index is 2.19. The van der Waals surface area contributed by atoms with E-state index in [-0.39, 0.29) is 11.8 Å². The number of hydrogen-bond donors (Lipinski definition) is 2. The highest BCUT2D eigenvalue weighted by molar-refractivity contribution is 5.89. The number of ether oxygens (including phenoxy) is 1. The van der Waals surface area contributed by atoms with E-state index in [2.05, 4.69) is 5.32 Å². The number of carboxylic acid groups (broad SMARTS) is 1. The quantitative estimate of drug-likeness (QED) is 0.616. The van der Waals surface area contributed by atoms with Gasteiger partial charge in [0.1, 0.15) is 17.0 Å². The Morgan fingerprint density at radius 2 is 1.87 bits per heavy atom. The summed E-state index contributed by atoms with van der Waals surface area (Å²) in [5.74, 6) is -3.38. The number of aromatic carboxylic acids is 1. The first-order chi connectivity index (χ1) is 14.1. The molecule has 6 nitrogen and oxygen atoms in total. The summed E-state index contributed by atoms with van der Waals surface area (Å²) in [5, 5.41) is 11.8. The summed E-state index contributed by atoms with van der Waals surface area (Å²) in [6, 6.07) is 0.633. The van der Waals surface area contributed by atoms with Gasteiger partial charge in [0, 0.05) is 19.1 Å². The first kappa shape index (κ1) is 24.7. The van der Waals surface area contributed by atoms with Crippen molar-refractivity contribution >= 4 is 17.7 Å². The van der Waals surface area contributed by atoms with Crippen LogP contribution in [0.5, 0.6) is 0 Å². The van der Waals surface area contributed by atoms with E-state index in [1.165, 1.54) is 0 Å². The summed E-state index contributed by atoms with van der Waals surface area (Å²) >= 11 is 0. The van der Waals surface area contributed by atoms with E-state index < -0.39 is 52.5 Å². The van der Waals surface area contributed by atoms with Crippen LogP contribution in [0, 0.1) is 17.7 Å². The molecule has 0 bridgehead atoms. The molecular weight excluding hydrogens is 420 g/mol. The van der Waals surface area contributed by atoms with E-state index in [4.69, 9.17) is 9.84 Å². The first-order valence-electron chi connectivity index (χ1n) is 9.98. The Bertz CT molecular complexity index is 836. The van der Waals surface area contributed by atoms with Crippen LogP contribution in [0.2, 0.25) is 0 Å². The fraction of sp³-hybridized carbons (Fsp3) is 0.619. The molecule has 2 rings (SSSR count). The van der Waals surface area contributed by atoms with Gasteiger partial charge in [0.15, 0.2) is 0 Å². The number of alkyl halides is 3. The molecule has 2 N–H and O–H groups in total. The topological polar surface area (TPSA) is 78.9 Å². The lowest BCUT2D eigenvalue weighted by Crippen LogP contribution is -2.48. The zero-order valence-electron chi connectivity index (χ0n) is 18.1. The van der Waals surface area contributed by atoms with Gasteiger partial charge >= 0.3 is 18.2 Å². The molecule has 1 saturated heterocycles. The third-order valence-corrected chi connectivity index (χ3v) is 5.27. The van der Waals surface area contributed by atoms with E-state index in [0.717, 1.165) is 6.07 Å². The summed E-state index contributed by atoms with van der Waals surface area (Å²) in [6.07, 6.45) is -4.94. The van der Waals surface area contributed by atoms with Gasteiger partial charge in [-0.2, -0.15) is 13.2 Å². The molecule has 0 aromatic heterocycles. The molecule has 1 aromatic rings. The molecular formula is C21H28F4N2O4. The van der Waals surface area contributed by atoms with Gasteiger partial charge in [0.25, 0.3) is 0 Å². The van der Waals surface area contributed by atoms with Gasteiger partial charge in [-0.25, -0.2) is 14.0 Å². The lowest BCUT2D eigenvalue weighted by atomic mass is 9.82. The summed E-state index contributed by atoms with van der Waals surface area (Å²) in [7, 11) is 0. The zero-order chi connectivity index (χ0) is 23.7. The predicted molar refractivity (Wildman–Crippen MR) is 107 cm³/mol. The number of carbonyl (C=O) groups excluding carboxylic acids is 1. The fourth-order valence-electron chi connectivity index (χ4n) is 3.88. The van der Waals surface area contributed by atoms with Gasteiger partial charge in [-0.15, -0.1) is 0 Å². The number of benzene rings is 1. The van der Waals surface area contributed by atoms with Crippen molar-refractivity contribution in [3.05, 3.63) is 29.1 Å². The molecule has 1 aromatic carbocycles. The average molecular weight is 448 g/mol. The van der Waals surface area contributed by atoms with Crippen molar-refractivity contribution in [2.45, 2.75) is 58.9 Å². The molecule has 31 heavy (non-hydrogen) atoms. The Labute approximate surface area is 178 Å². The number of rotatable bonds is 4. The summed E-state index contributed by atoms with van der Waals surface area (Å²) in [4.78, 5) is 25.0. The largest absolute Gasteiger partial charge is 0.478 e. The van der Waals surface area contributed by atoms with E-state index in [9.17, 15) is 27.2 Å². The molecule has 1 aliphatic heterocycles. The molecule has 3 atom stereocenters. The van der Waals surface area contributed by atoms with Crippen LogP contribution in [-0.4, -0.2) is 46.8 Å². The number of carboxylic acids is 1. The second-order valence-corrected chi connectivity index (χ2v) is 8.97. The van der Waals surface area contributed by atoms with E-state index in [0.29, 0.717) is 25.6 Å². The number of hydrogen-bond acceptors (Lipinski definition) is 4. The standard InChI is InChI=1S/C21H28F4N2O4/c1-11-10-27(19(30)31-20(3,4)5)7-6-14(11)12(2)26-16-9-13(18(28)29)8-15(22)17(16)21(23,24)25/h8-9,11-12,14,26H,6-7,10H2,1-5H3,(H,28,29)/t11-,12+,14+/m1/s1. The zero-order valence-corrected chi connectivity index (χ0v) is 18.1. The maximum Gasteiger partial charge on any atom is 0.421 e. The number of anilines is 1. The van der Waals surface area contributed by atoms with Crippen molar-refractivity contribution in [2.24, 2.45) is 11.8 Å². The van der Waals surface area contributed by atoms with Gasteiger partial charge in [0.2, 0.25) is 0 Å². The van der Waals surface area contributed by atoms with E-state index in [1.54, 1.807) is 32.6 Å². The SMILES string of the molecule is C[C@@H]1CN(C(=O)OC(C)(C)C)CC[C@@H]1[C@H](C)Nc1cc(C(=O)O)cc(F)c1C(F)(F)F. The Morgan fingerprint density at radius 1 is 1.26 bits per heavy atom. The second-order valence-electron chi connectivity index (χ2n) is 8.97. The van der Waals surface area contributed by atoms with Gasteiger partial charge < -0.3 is 20.1 Å². The number of piperidine rings is 1. The average Bonchev–Trinajstić information content (AvgIpc) is 2.58. The van der Waals surface area contributed by atoms with Crippen molar-refractivity contribution in [3.63, 3.8) is 0 Å². The fourth-order valence-corrected chi connectivity index (χ4v) is 3.88. The number of halogens is 4. The Kier molecular flexibility index (Phi) is 7.12. The normalized spacial score (nSPS) is 20.9. The van der Waals surface area contributed by atoms with Crippen LogP contribution < -0.4 is 5.32 Å². The number of nitrogens with one attached hydrogen (secondary N) is 1. The Morgan fingerprint density at radius 3 is 2.35 bits per heavy atom. The molecule has 10 heteroatoms. The van der Waals surface area contributed by atoms with Crippen LogP contribution in [0.25, 0.3) is 0 Å². The number of carbonyl (C=O) groups is 2. The molecule has 1 heterocycles. The summed E-state index contributed by atoms with van der Waals surface area (Å²) < 4.78 is 59.7. The third kappa shape index (κ3) is 6.24. The second kappa shape index (κ2) is 8.92. The van der Waals surface area contributed by atoms with Crippen LogP contribution in [0.4, 0.5) is 28.0 Å². The highest BCUT2D eigenvalue weighted by Crippen LogP contribution is 2.39. The molecule has 1 aliphatic rings. The first-order valence-corrected chi connectivity index (χ1v) is 9.98. The van der Waals surface area contributed by atoms with Crippen molar-refractivity contribution < 1.29 is 37.0 Å². The smallest absolute Gasteiger partial charge is 0.421 e. The van der Waals surface area contributed by atoms with Gasteiger partial charge in [-0.05, 0) is 58.1 Å². The molecule has 0 aliphatic carbocycles. The highest BCUT2D eigenvalue weighted by Gasteiger charge is 2.39. The third-order valence-electron chi connectivity index (χ3n) is 5.27. The minimum Gasteiger partial charge on any atom is -0.478 e. The van der Waals surface area contributed by atoms with Crippen LogP contribution in [0.15, 0.2) is 12.1 Å². The number of nitrogens with zero attached hydrogens (tertiary/aromatic N) is 1. The van der Waals surface area contributed by atoms with Crippen molar-refractivity contribution in [1.82, 2.24) is 4.90 Å². The maximum atomic E-state index is 14.1. The molecule has 0 unspecified atom stereocenters. The molecule has 0 radical (unpaired) electrons. The minimum absolute atomic E-state index is 0.0781. The molecule has 174 valence electrons. The van der Waals surface area contributed by atoms with Crippen LogP contribution in [-0.2, 0) is 10.9 Å². The van der Waals surface area contributed by atoms with Crippen molar-refractivity contribution in [3.8, 4) is 0 Å². The minimum atomic E-state index is -4.99. The predicted octanol–water partition coefficient (Wildman–Crippen LogP) is 5.24. The molecule has 0 spiro atoms. The van der Waals surface area contributed by atoms with Gasteiger partial charge in [-0.3, -0.25) is 0 Å². The van der Waals surface area contributed by atoms with Gasteiger partial charge in [-0.1, -0.05) is 6.92 Å². The molecule has 0 saturated carbocycles. The van der Waals surface area contributed by atoms with Crippen molar-refractivity contribution in [1.29, 1.82) is 0 Å². The van der Waals surface area contributed by atoms with Crippen molar-refractivity contribution in [2.75, 3.05) is 18.4 Å². The van der Waals surface area contributed by atoms with Crippen LogP contribution in [0.1, 0.15) is 57.0 Å². The highest BCUT2D eigenvalue weighted by atomic mass is 19.4. The summed E-state index contributed by atoms with van der Waals surface area (Å²) in [6.45, 7) is 9.54.